The minimum atomic E-state index is -4.47. The Kier molecular flexibility index (Phi) is 5.16. The third kappa shape index (κ3) is 3.85. The molecule has 0 saturated carbocycles. The number of fused-ring (bicyclic) bond motifs is 1. The molecule has 31 heavy (non-hydrogen) atoms. The number of carbonyl (C=O) groups excluding carboxylic acids is 2. The number of amides is 2. The molecule has 0 bridgehead atoms. The molecule has 0 radical (unpaired) electrons. The number of hydrogen-bond donors (Lipinski definition) is 1. The Labute approximate surface area is 175 Å². The first kappa shape index (κ1) is 20.5. The molecule has 3 aromatic rings. The minimum Gasteiger partial charge on any atom is -0.384 e. The van der Waals surface area contributed by atoms with Crippen LogP contribution in [0.4, 0.5) is 13.2 Å². The first-order chi connectivity index (χ1) is 14.8. The fourth-order valence-corrected chi connectivity index (χ4v) is 3.33. The maximum absolute atomic E-state index is 12.8. The predicted octanol–water partition coefficient (Wildman–Crippen LogP) is 4.45. The van der Waals surface area contributed by atoms with Crippen molar-refractivity contribution in [1.82, 2.24) is 9.88 Å². The van der Waals surface area contributed by atoms with Crippen molar-refractivity contribution < 1.29 is 27.9 Å². The van der Waals surface area contributed by atoms with E-state index in [1.54, 1.807) is 30.3 Å². The molecule has 8 heteroatoms. The van der Waals surface area contributed by atoms with E-state index in [9.17, 15) is 27.9 Å². The van der Waals surface area contributed by atoms with Crippen LogP contribution in [-0.4, -0.2) is 26.8 Å². The molecule has 0 spiro atoms. The zero-order valence-electron chi connectivity index (χ0n) is 15.9. The van der Waals surface area contributed by atoms with Crippen molar-refractivity contribution in [1.29, 1.82) is 0 Å². The predicted molar refractivity (Wildman–Crippen MR) is 106 cm³/mol. The number of imide groups is 1. The Bertz CT molecular complexity index is 1150. The fourth-order valence-electron chi connectivity index (χ4n) is 3.33. The van der Waals surface area contributed by atoms with Gasteiger partial charge in [0.15, 0.2) is 0 Å². The van der Waals surface area contributed by atoms with Crippen LogP contribution in [0.5, 0.6) is 0 Å². The van der Waals surface area contributed by atoms with Crippen LogP contribution in [0.25, 0.3) is 6.08 Å². The number of nitrogens with zero attached hydrogens (tertiary/aromatic N) is 2. The number of aliphatic hydroxyl groups excluding tert-OH is 1. The normalized spacial score (nSPS) is 14.9. The molecule has 1 atom stereocenters. The SMILES string of the molecule is O=C1c2ccccc2C(=O)N1/C=C/c1ccncc1C(O)c1ccc(C(F)(F)F)cc1. The number of pyridine rings is 1. The molecule has 4 rings (SSSR count). The number of carbonyl (C=O) groups is 2. The van der Waals surface area contributed by atoms with Gasteiger partial charge in [-0.05, 0) is 47.5 Å². The second-order valence-corrected chi connectivity index (χ2v) is 6.87. The largest absolute Gasteiger partial charge is 0.416 e. The lowest BCUT2D eigenvalue weighted by atomic mass is 9.97. The van der Waals surface area contributed by atoms with Gasteiger partial charge in [0, 0.05) is 24.2 Å². The molecule has 156 valence electrons. The van der Waals surface area contributed by atoms with Gasteiger partial charge in [-0.1, -0.05) is 24.3 Å². The van der Waals surface area contributed by atoms with E-state index in [1.165, 1.54) is 36.8 Å². The van der Waals surface area contributed by atoms with Crippen LogP contribution in [-0.2, 0) is 6.18 Å². The number of hydrogen-bond acceptors (Lipinski definition) is 4. The van der Waals surface area contributed by atoms with Gasteiger partial charge in [0.1, 0.15) is 6.10 Å². The first-order valence-electron chi connectivity index (χ1n) is 9.21. The van der Waals surface area contributed by atoms with Crippen LogP contribution in [0.15, 0.2) is 73.2 Å². The maximum Gasteiger partial charge on any atom is 0.416 e. The van der Waals surface area contributed by atoms with Gasteiger partial charge in [0.05, 0.1) is 16.7 Å². The van der Waals surface area contributed by atoms with Crippen LogP contribution in [0.3, 0.4) is 0 Å². The number of benzene rings is 2. The van der Waals surface area contributed by atoms with E-state index in [0.717, 1.165) is 17.0 Å². The molecule has 2 heterocycles. The molecular formula is C23H15F3N2O3. The van der Waals surface area contributed by atoms with Gasteiger partial charge in [-0.25, -0.2) is 4.90 Å². The van der Waals surface area contributed by atoms with Crippen molar-refractivity contribution in [3.8, 4) is 0 Å². The smallest absolute Gasteiger partial charge is 0.384 e. The second-order valence-electron chi connectivity index (χ2n) is 6.87. The molecule has 0 fully saturated rings. The van der Waals surface area contributed by atoms with Gasteiger partial charge in [-0.3, -0.25) is 14.6 Å². The Morgan fingerprint density at radius 1 is 0.935 bits per heavy atom. The molecule has 1 unspecified atom stereocenters. The van der Waals surface area contributed by atoms with Crippen LogP contribution >= 0.6 is 0 Å². The van der Waals surface area contributed by atoms with Gasteiger partial charge in [0.25, 0.3) is 11.8 Å². The van der Waals surface area contributed by atoms with Crippen LogP contribution in [0, 0.1) is 0 Å². The van der Waals surface area contributed by atoms with E-state index in [0.29, 0.717) is 22.3 Å². The maximum atomic E-state index is 12.8. The average Bonchev–Trinajstić information content (AvgIpc) is 3.01. The third-order valence-electron chi connectivity index (χ3n) is 4.96. The molecule has 5 nitrogen and oxygen atoms in total. The molecule has 2 amide bonds. The fraction of sp³-hybridized carbons (Fsp3) is 0.0870. The Hall–Kier alpha value is -3.78. The summed E-state index contributed by atoms with van der Waals surface area (Å²) in [4.78, 5) is 29.9. The number of aromatic nitrogens is 1. The summed E-state index contributed by atoms with van der Waals surface area (Å²) in [5.74, 6) is -0.925. The summed E-state index contributed by atoms with van der Waals surface area (Å²) in [6.07, 6.45) is -0.0968. The molecule has 1 aliphatic rings. The highest BCUT2D eigenvalue weighted by atomic mass is 19.4. The van der Waals surface area contributed by atoms with Crippen molar-refractivity contribution in [2.75, 3.05) is 0 Å². The van der Waals surface area contributed by atoms with E-state index in [2.05, 4.69) is 4.98 Å². The lowest BCUT2D eigenvalue weighted by molar-refractivity contribution is -0.137. The van der Waals surface area contributed by atoms with Gasteiger partial charge < -0.3 is 5.11 Å². The number of alkyl halides is 3. The number of halogens is 3. The summed E-state index contributed by atoms with van der Waals surface area (Å²) in [6, 6.07) is 12.2. The highest BCUT2D eigenvalue weighted by Crippen LogP contribution is 2.32. The van der Waals surface area contributed by atoms with Crippen molar-refractivity contribution in [2.45, 2.75) is 12.3 Å². The zero-order chi connectivity index (χ0) is 22.2. The molecule has 0 saturated heterocycles. The van der Waals surface area contributed by atoms with E-state index < -0.39 is 29.7 Å². The van der Waals surface area contributed by atoms with E-state index in [-0.39, 0.29) is 5.56 Å². The molecular weight excluding hydrogens is 409 g/mol. The Morgan fingerprint density at radius 2 is 1.55 bits per heavy atom. The summed E-state index contributed by atoms with van der Waals surface area (Å²) in [5, 5.41) is 10.7. The van der Waals surface area contributed by atoms with Crippen molar-refractivity contribution in [3.05, 3.63) is 107 Å². The van der Waals surface area contributed by atoms with Gasteiger partial charge >= 0.3 is 6.18 Å². The second kappa shape index (κ2) is 7.81. The monoisotopic (exact) mass is 424 g/mol. The standard InChI is InChI=1S/C23H15F3N2O3/c24-23(25,26)16-7-5-15(6-8-16)20(29)19-13-27-11-9-14(19)10-12-28-21(30)17-3-1-2-4-18(17)22(28)31/h1-13,20,29H/b12-10+. The summed E-state index contributed by atoms with van der Waals surface area (Å²) in [7, 11) is 0. The first-order valence-corrected chi connectivity index (χ1v) is 9.21. The molecule has 1 aliphatic heterocycles. The average molecular weight is 424 g/mol. The molecule has 0 aliphatic carbocycles. The van der Waals surface area contributed by atoms with Crippen LogP contribution in [0.2, 0.25) is 0 Å². The minimum absolute atomic E-state index is 0.247. The van der Waals surface area contributed by atoms with Crippen molar-refractivity contribution in [2.24, 2.45) is 0 Å². The third-order valence-corrected chi connectivity index (χ3v) is 4.96. The highest BCUT2D eigenvalue weighted by molar-refractivity contribution is 6.22. The van der Waals surface area contributed by atoms with E-state index >= 15 is 0 Å². The summed E-state index contributed by atoms with van der Waals surface area (Å²) < 4.78 is 38.3. The highest BCUT2D eigenvalue weighted by Gasteiger charge is 2.33. The van der Waals surface area contributed by atoms with Gasteiger partial charge in [0.2, 0.25) is 0 Å². The van der Waals surface area contributed by atoms with Crippen molar-refractivity contribution in [3.63, 3.8) is 0 Å². The number of aliphatic hydroxyl groups is 1. The number of rotatable bonds is 4. The lowest BCUT2D eigenvalue weighted by Crippen LogP contribution is -2.23. The zero-order valence-corrected chi connectivity index (χ0v) is 15.9. The Balaban J connectivity index is 1.61. The van der Waals surface area contributed by atoms with E-state index in [4.69, 9.17) is 0 Å². The molecule has 1 aromatic heterocycles. The lowest BCUT2D eigenvalue weighted by Gasteiger charge is -2.15. The summed E-state index contributed by atoms with van der Waals surface area (Å²) in [6.45, 7) is 0. The Morgan fingerprint density at radius 3 is 2.13 bits per heavy atom. The van der Waals surface area contributed by atoms with E-state index in [1.807, 2.05) is 0 Å². The van der Waals surface area contributed by atoms with Gasteiger partial charge in [-0.2, -0.15) is 13.2 Å². The van der Waals surface area contributed by atoms with Gasteiger partial charge in [-0.15, -0.1) is 0 Å². The van der Waals surface area contributed by atoms with Crippen LogP contribution in [0.1, 0.15) is 49.1 Å². The summed E-state index contributed by atoms with van der Waals surface area (Å²) >= 11 is 0. The van der Waals surface area contributed by atoms with Crippen molar-refractivity contribution >= 4 is 17.9 Å². The quantitative estimate of drug-likeness (QED) is 0.629. The molecule has 1 N–H and O–H groups in total. The molecule has 2 aromatic carbocycles. The summed E-state index contributed by atoms with van der Waals surface area (Å²) in [5.41, 5.74) is 0.805. The van der Waals surface area contributed by atoms with Crippen LogP contribution < -0.4 is 0 Å². The topological polar surface area (TPSA) is 70.5 Å².